The molecular formula is C11H15NO. The van der Waals surface area contributed by atoms with Crippen molar-refractivity contribution in [2.75, 3.05) is 0 Å². The summed E-state index contributed by atoms with van der Waals surface area (Å²) >= 11 is 0. The van der Waals surface area contributed by atoms with Gasteiger partial charge in [-0.1, -0.05) is 37.3 Å². The molecule has 70 valence electrons. The Hall–Kier alpha value is -1.15. The van der Waals surface area contributed by atoms with Gasteiger partial charge in [0.1, 0.15) is 6.29 Å². The zero-order chi connectivity index (χ0) is 9.68. The highest BCUT2D eigenvalue weighted by molar-refractivity contribution is 5.57. The van der Waals surface area contributed by atoms with E-state index >= 15 is 0 Å². The highest BCUT2D eigenvalue weighted by atomic mass is 16.1. The molecule has 0 aliphatic rings. The predicted molar refractivity (Wildman–Crippen MR) is 53.5 cm³/mol. The summed E-state index contributed by atoms with van der Waals surface area (Å²) in [5.74, 6) is 0.349. The van der Waals surface area contributed by atoms with Crippen LogP contribution >= 0.6 is 0 Å². The van der Waals surface area contributed by atoms with Gasteiger partial charge < -0.3 is 10.5 Å². The number of carbonyl (C=O) groups excluding carboxylic acids is 1. The van der Waals surface area contributed by atoms with Crippen LogP contribution in [0.1, 0.15) is 24.8 Å². The van der Waals surface area contributed by atoms with Crippen molar-refractivity contribution in [2.45, 2.75) is 25.3 Å². The Morgan fingerprint density at radius 2 is 2.00 bits per heavy atom. The van der Waals surface area contributed by atoms with Crippen molar-refractivity contribution < 1.29 is 4.79 Å². The molecule has 2 N–H and O–H groups in total. The Balaban J connectivity index is 2.58. The van der Waals surface area contributed by atoms with Crippen molar-refractivity contribution in [1.29, 1.82) is 0 Å². The topological polar surface area (TPSA) is 43.1 Å². The summed E-state index contributed by atoms with van der Waals surface area (Å²) in [6, 6.07) is 9.76. The normalized spacial score (nSPS) is 14.9. The van der Waals surface area contributed by atoms with E-state index in [9.17, 15) is 4.79 Å². The minimum absolute atomic E-state index is 0.338. The first-order valence-electron chi connectivity index (χ1n) is 4.50. The third-order valence-corrected chi connectivity index (χ3v) is 2.17. The van der Waals surface area contributed by atoms with Crippen LogP contribution in [0.15, 0.2) is 30.3 Å². The van der Waals surface area contributed by atoms with E-state index in [-0.39, 0.29) is 6.04 Å². The zero-order valence-electron chi connectivity index (χ0n) is 7.81. The van der Waals surface area contributed by atoms with E-state index in [1.54, 1.807) is 0 Å². The number of hydrogen-bond acceptors (Lipinski definition) is 2. The van der Waals surface area contributed by atoms with Crippen LogP contribution in [0.4, 0.5) is 0 Å². The standard InChI is InChI=1S/C11H15NO/c1-9(7-11(12)8-13)10-5-3-2-4-6-10/h2-6,8-9,11H,7,12H2,1H3. The molecular weight excluding hydrogens is 162 g/mol. The Morgan fingerprint density at radius 1 is 1.38 bits per heavy atom. The average Bonchev–Trinajstić information content (AvgIpc) is 2.19. The second-order valence-electron chi connectivity index (χ2n) is 3.35. The molecule has 2 nitrogen and oxygen atoms in total. The lowest BCUT2D eigenvalue weighted by Gasteiger charge is -2.12. The SMILES string of the molecule is CC(CC(N)C=O)c1ccccc1. The summed E-state index contributed by atoms with van der Waals surface area (Å²) in [6.07, 6.45) is 1.52. The predicted octanol–water partition coefficient (Wildman–Crippen LogP) is 1.71. The van der Waals surface area contributed by atoms with Crippen molar-refractivity contribution in [2.24, 2.45) is 5.73 Å². The molecule has 0 aromatic heterocycles. The molecule has 2 unspecified atom stereocenters. The average molecular weight is 177 g/mol. The molecule has 0 aliphatic heterocycles. The molecule has 0 saturated heterocycles. The van der Waals surface area contributed by atoms with Crippen molar-refractivity contribution >= 4 is 6.29 Å². The molecule has 1 aromatic carbocycles. The minimum Gasteiger partial charge on any atom is -0.322 e. The Morgan fingerprint density at radius 3 is 2.54 bits per heavy atom. The van der Waals surface area contributed by atoms with Gasteiger partial charge in [-0.15, -0.1) is 0 Å². The number of rotatable bonds is 4. The number of benzene rings is 1. The summed E-state index contributed by atoms with van der Waals surface area (Å²) in [7, 11) is 0. The first kappa shape index (κ1) is 9.93. The first-order chi connectivity index (χ1) is 6.24. The molecule has 0 amide bonds. The number of hydrogen-bond donors (Lipinski definition) is 1. The molecule has 2 atom stereocenters. The van der Waals surface area contributed by atoms with Crippen molar-refractivity contribution in [3.63, 3.8) is 0 Å². The van der Waals surface area contributed by atoms with Gasteiger partial charge in [-0.05, 0) is 17.9 Å². The molecule has 0 heterocycles. The summed E-state index contributed by atoms with van der Waals surface area (Å²) in [5.41, 5.74) is 6.78. The van der Waals surface area contributed by atoms with Gasteiger partial charge in [-0.3, -0.25) is 0 Å². The van der Waals surface area contributed by atoms with E-state index in [2.05, 4.69) is 19.1 Å². The first-order valence-corrected chi connectivity index (χ1v) is 4.50. The Labute approximate surface area is 78.8 Å². The van der Waals surface area contributed by atoms with Crippen LogP contribution in [0.2, 0.25) is 0 Å². The van der Waals surface area contributed by atoms with E-state index in [1.807, 2.05) is 18.2 Å². The lowest BCUT2D eigenvalue weighted by Crippen LogP contribution is -2.23. The van der Waals surface area contributed by atoms with Crippen LogP contribution in [0.5, 0.6) is 0 Å². The molecule has 13 heavy (non-hydrogen) atoms. The van der Waals surface area contributed by atoms with E-state index in [1.165, 1.54) is 5.56 Å². The molecule has 0 radical (unpaired) electrons. The van der Waals surface area contributed by atoms with Gasteiger partial charge in [-0.2, -0.15) is 0 Å². The maximum atomic E-state index is 10.3. The van der Waals surface area contributed by atoms with E-state index < -0.39 is 0 Å². The van der Waals surface area contributed by atoms with Crippen LogP contribution in [0.3, 0.4) is 0 Å². The smallest absolute Gasteiger partial charge is 0.136 e. The summed E-state index contributed by atoms with van der Waals surface area (Å²) in [4.78, 5) is 10.3. The van der Waals surface area contributed by atoms with Gasteiger partial charge in [0.05, 0.1) is 6.04 Å². The maximum absolute atomic E-state index is 10.3. The molecule has 0 spiro atoms. The van der Waals surface area contributed by atoms with Gasteiger partial charge in [0.15, 0.2) is 0 Å². The number of carbonyl (C=O) groups is 1. The van der Waals surface area contributed by atoms with Crippen LogP contribution in [0, 0.1) is 0 Å². The molecule has 0 bridgehead atoms. The highest BCUT2D eigenvalue weighted by Crippen LogP contribution is 2.18. The lowest BCUT2D eigenvalue weighted by molar-refractivity contribution is -0.109. The fourth-order valence-corrected chi connectivity index (χ4v) is 1.38. The Kier molecular flexibility index (Phi) is 3.65. The monoisotopic (exact) mass is 177 g/mol. The van der Waals surface area contributed by atoms with Crippen LogP contribution in [0.25, 0.3) is 0 Å². The second-order valence-corrected chi connectivity index (χ2v) is 3.35. The maximum Gasteiger partial charge on any atom is 0.136 e. The van der Waals surface area contributed by atoms with Crippen molar-refractivity contribution in [3.8, 4) is 0 Å². The van der Waals surface area contributed by atoms with Gasteiger partial charge in [-0.25, -0.2) is 0 Å². The number of nitrogens with two attached hydrogens (primary N) is 1. The molecule has 2 heteroatoms. The summed E-state index contributed by atoms with van der Waals surface area (Å²) in [5, 5.41) is 0. The second kappa shape index (κ2) is 4.77. The van der Waals surface area contributed by atoms with E-state index in [0.717, 1.165) is 6.29 Å². The fraction of sp³-hybridized carbons (Fsp3) is 0.364. The number of aldehydes is 1. The van der Waals surface area contributed by atoms with E-state index in [0.29, 0.717) is 12.3 Å². The largest absolute Gasteiger partial charge is 0.322 e. The van der Waals surface area contributed by atoms with Crippen LogP contribution < -0.4 is 5.73 Å². The molecule has 0 aliphatic carbocycles. The third-order valence-electron chi connectivity index (χ3n) is 2.17. The van der Waals surface area contributed by atoms with Crippen molar-refractivity contribution in [1.82, 2.24) is 0 Å². The highest BCUT2D eigenvalue weighted by Gasteiger charge is 2.09. The zero-order valence-corrected chi connectivity index (χ0v) is 7.81. The van der Waals surface area contributed by atoms with Crippen LogP contribution in [-0.4, -0.2) is 12.3 Å². The van der Waals surface area contributed by atoms with Crippen LogP contribution in [-0.2, 0) is 4.79 Å². The minimum atomic E-state index is -0.338. The van der Waals surface area contributed by atoms with E-state index in [4.69, 9.17) is 5.73 Å². The molecule has 0 saturated carbocycles. The molecule has 1 aromatic rings. The quantitative estimate of drug-likeness (QED) is 0.711. The van der Waals surface area contributed by atoms with Gasteiger partial charge >= 0.3 is 0 Å². The van der Waals surface area contributed by atoms with Crippen molar-refractivity contribution in [3.05, 3.63) is 35.9 Å². The van der Waals surface area contributed by atoms with Gasteiger partial charge in [0, 0.05) is 0 Å². The summed E-state index contributed by atoms with van der Waals surface area (Å²) < 4.78 is 0. The molecule has 1 rings (SSSR count). The van der Waals surface area contributed by atoms with Gasteiger partial charge in [0.25, 0.3) is 0 Å². The lowest BCUT2D eigenvalue weighted by atomic mass is 9.95. The molecule has 0 fully saturated rings. The Bertz CT molecular complexity index is 258. The van der Waals surface area contributed by atoms with Gasteiger partial charge in [0.2, 0.25) is 0 Å². The third kappa shape index (κ3) is 2.99. The fourth-order valence-electron chi connectivity index (χ4n) is 1.38. The summed E-state index contributed by atoms with van der Waals surface area (Å²) in [6.45, 7) is 2.08.